The van der Waals surface area contributed by atoms with Gasteiger partial charge in [0.1, 0.15) is 5.58 Å². The second-order valence-electron chi connectivity index (χ2n) is 10.3. The third-order valence-electron chi connectivity index (χ3n) is 7.32. The van der Waals surface area contributed by atoms with Crippen molar-refractivity contribution in [2.24, 2.45) is 22.2 Å². The van der Waals surface area contributed by atoms with Gasteiger partial charge in [0.25, 0.3) is 0 Å². The first-order chi connectivity index (χ1) is 12.7. The van der Waals surface area contributed by atoms with Crippen molar-refractivity contribution in [2.75, 3.05) is 5.32 Å². The maximum Gasteiger partial charge on any atom is 0.336 e. The Labute approximate surface area is 159 Å². The predicted molar refractivity (Wildman–Crippen MR) is 106 cm³/mol. The number of rotatable bonds is 2. The van der Waals surface area contributed by atoms with Gasteiger partial charge in [-0.25, -0.2) is 4.79 Å². The lowest BCUT2D eigenvalue weighted by molar-refractivity contribution is -0.165. The molecular weight excluding hydrogens is 338 g/mol. The molecule has 4 nitrogen and oxygen atoms in total. The molecule has 4 aliphatic rings. The fourth-order valence-electron chi connectivity index (χ4n) is 7.37. The van der Waals surface area contributed by atoms with Crippen LogP contribution in [0.5, 0.6) is 0 Å². The molecule has 1 aromatic heterocycles. The summed E-state index contributed by atoms with van der Waals surface area (Å²) < 4.78 is 5.34. The highest BCUT2D eigenvalue weighted by atomic mass is 16.4. The summed E-state index contributed by atoms with van der Waals surface area (Å²) in [7, 11) is 0. The van der Waals surface area contributed by atoms with Crippen LogP contribution in [-0.4, -0.2) is 5.91 Å². The molecule has 0 aliphatic heterocycles. The quantitative estimate of drug-likeness (QED) is 0.759. The highest BCUT2D eigenvalue weighted by Crippen LogP contribution is 2.69. The van der Waals surface area contributed by atoms with Crippen LogP contribution < -0.4 is 10.9 Å². The molecule has 4 saturated carbocycles. The Morgan fingerprint density at radius 3 is 2.44 bits per heavy atom. The van der Waals surface area contributed by atoms with E-state index in [1.165, 1.54) is 25.3 Å². The summed E-state index contributed by atoms with van der Waals surface area (Å²) in [5.41, 5.74) is 2.14. The Balaban J connectivity index is 1.47. The van der Waals surface area contributed by atoms with Crippen molar-refractivity contribution in [1.29, 1.82) is 0 Å². The first-order valence-corrected chi connectivity index (χ1v) is 10.0. The highest BCUT2D eigenvalue weighted by Gasteiger charge is 2.62. The van der Waals surface area contributed by atoms with E-state index in [-0.39, 0.29) is 16.9 Å². The molecule has 4 fully saturated rings. The number of hydrogen-bond donors (Lipinski definition) is 1. The monoisotopic (exact) mass is 365 g/mol. The molecule has 2 atom stereocenters. The van der Waals surface area contributed by atoms with E-state index in [2.05, 4.69) is 19.2 Å². The second kappa shape index (κ2) is 5.24. The van der Waals surface area contributed by atoms with Crippen molar-refractivity contribution in [3.8, 4) is 0 Å². The summed E-state index contributed by atoms with van der Waals surface area (Å²) in [4.78, 5) is 25.1. The van der Waals surface area contributed by atoms with Crippen LogP contribution in [0.1, 0.15) is 57.9 Å². The minimum Gasteiger partial charge on any atom is -0.423 e. The van der Waals surface area contributed by atoms with Crippen LogP contribution in [0, 0.1) is 29.1 Å². The third-order valence-corrected chi connectivity index (χ3v) is 7.32. The molecule has 0 radical (unpaired) electrons. The topological polar surface area (TPSA) is 59.3 Å². The number of amides is 1. The number of nitrogens with one attached hydrogen (secondary N) is 1. The number of aryl methyl sites for hydroxylation is 1. The van der Waals surface area contributed by atoms with Crippen LogP contribution in [0.4, 0.5) is 5.69 Å². The summed E-state index contributed by atoms with van der Waals surface area (Å²) in [5, 5.41) is 4.07. The molecule has 6 rings (SSSR count). The molecule has 0 spiro atoms. The average molecular weight is 365 g/mol. The Morgan fingerprint density at radius 2 is 1.78 bits per heavy atom. The van der Waals surface area contributed by atoms with Gasteiger partial charge in [0.05, 0.1) is 5.41 Å². The van der Waals surface area contributed by atoms with Gasteiger partial charge < -0.3 is 9.73 Å². The summed E-state index contributed by atoms with van der Waals surface area (Å²) in [6.45, 7) is 6.66. The molecule has 1 heterocycles. The molecule has 142 valence electrons. The van der Waals surface area contributed by atoms with Gasteiger partial charge in [0, 0.05) is 23.2 Å². The van der Waals surface area contributed by atoms with Gasteiger partial charge >= 0.3 is 5.63 Å². The number of carbonyl (C=O) groups is 1. The Kier molecular flexibility index (Phi) is 3.31. The lowest BCUT2D eigenvalue weighted by Crippen LogP contribution is -2.58. The normalized spacial score (nSPS) is 36.9. The summed E-state index contributed by atoms with van der Waals surface area (Å²) in [6, 6.07) is 7.12. The molecule has 1 N–H and O–H groups in total. The van der Waals surface area contributed by atoms with E-state index in [1.54, 1.807) is 6.07 Å². The lowest BCUT2D eigenvalue weighted by Gasteiger charge is -2.64. The number of benzene rings is 1. The zero-order valence-electron chi connectivity index (χ0n) is 16.4. The predicted octanol–water partition coefficient (Wildman–Crippen LogP) is 5.04. The van der Waals surface area contributed by atoms with E-state index in [1.807, 2.05) is 19.1 Å². The van der Waals surface area contributed by atoms with E-state index >= 15 is 0 Å². The molecule has 4 aliphatic carbocycles. The average Bonchev–Trinajstić information content (AvgIpc) is 2.50. The largest absolute Gasteiger partial charge is 0.423 e. The van der Waals surface area contributed by atoms with Crippen LogP contribution >= 0.6 is 0 Å². The van der Waals surface area contributed by atoms with E-state index in [9.17, 15) is 9.59 Å². The van der Waals surface area contributed by atoms with E-state index < -0.39 is 0 Å². The Hall–Kier alpha value is -2.10. The van der Waals surface area contributed by atoms with Crippen molar-refractivity contribution in [1.82, 2.24) is 0 Å². The molecule has 2 aromatic rings. The molecule has 27 heavy (non-hydrogen) atoms. The van der Waals surface area contributed by atoms with Crippen LogP contribution in [0.25, 0.3) is 11.0 Å². The van der Waals surface area contributed by atoms with Crippen molar-refractivity contribution in [2.45, 2.75) is 59.3 Å². The minimum absolute atomic E-state index is 0.151. The molecular formula is C23H27NO3. The van der Waals surface area contributed by atoms with Crippen LogP contribution in [0.15, 0.2) is 33.5 Å². The highest BCUT2D eigenvalue weighted by molar-refractivity contribution is 5.97. The first-order valence-electron chi connectivity index (χ1n) is 10.0. The summed E-state index contributed by atoms with van der Waals surface area (Å²) in [6.07, 6.45) is 6.83. The number of fused-ring (bicyclic) bond motifs is 1. The fourth-order valence-corrected chi connectivity index (χ4v) is 7.37. The maximum absolute atomic E-state index is 13.4. The molecule has 1 amide bonds. The van der Waals surface area contributed by atoms with Crippen molar-refractivity contribution >= 4 is 22.6 Å². The van der Waals surface area contributed by atoms with Gasteiger partial charge in [-0.1, -0.05) is 13.8 Å². The fraction of sp³-hybridized carbons (Fsp3) is 0.565. The molecule has 1 aromatic carbocycles. The van der Waals surface area contributed by atoms with E-state index in [0.717, 1.165) is 30.2 Å². The maximum atomic E-state index is 13.4. The molecule has 0 saturated heterocycles. The minimum atomic E-state index is -0.356. The van der Waals surface area contributed by atoms with Crippen molar-refractivity contribution in [3.05, 3.63) is 40.2 Å². The van der Waals surface area contributed by atoms with Gasteiger partial charge in [-0.05, 0) is 79.9 Å². The second-order valence-corrected chi connectivity index (χ2v) is 10.3. The van der Waals surface area contributed by atoms with Gasteiger partial charge in [-0.15, -0.1) is 0 Å². The standard InChI is InChI=1S/C23H27NO3/c1-14-6-19(25)27-18-7-16(4-5-17(14)18)24-20(26)23-10-15-8-21(2,12-23)11-22(3,9-15)13-23/h4-7,15H,8-13H2,1-3H3,(H,24,26). The van der Waals surface area contributed by atoms with Gasteiger partial charge in [-0.2, -0.15) is 0 Å². The van der Waals surface area contributed by atoms with Crippen molar-refractivity contribution < 1.29 is 9.21 Å². The Morgan fingerprint density at radius 1 is 1.07 bits per heavy atom. The van der Waals surface area contributed by atoms with Gasteiger partial charge in [0.15, 0.2) is 0 Å². The molecule has 4 heteroatoms. The summed E-state index contributed by atoms with van der Waals surface area (Å²) >= 11 is 0. The number of anilines is 1. The smallest absolute Gasteiger partial charge is 0.336 e. The molecule has 2 unspecified atom stereocenters. The van der Waals surface area contributed by atoms with Crippen LogP contribution in [-0.2, 0) is 4.79 Å². The SMILES string of the molecule is Cc1cc(=O)oc2cc(NC(=O)C34CC5CC(C)(CC(C)(C5)C3)C4)ccc12. The van der Waals surface area contributed by atoms with Gasteiger partial charge in [-0.3, -0.25) is 4.79 Å². The van der Waals surface area contributed by atoms with Gasteiger partial charge in [0.2, 0.25) is 5.91 Å². The Bertz CT molecular complexity index is 1000. The van der Waals surface area contributed by atoms with Crippen molar-refractivity contribution in [3.63, 3.8) is 0 Å². The lowest BCUT2D eigenvalue weighted by atomic mass is 9.40. The third kappa shape index (κ3) is 2.64. The first kappa shape index (κ1) is 17.0. The number of carbonyl (C=O) groups excluding carboxylic acids is 1. The van der Waals surface area contributed by atoms with Crippen LogP contribution in [0.2, 0.25) is 0 Å². The number of hydrogen-bond acceptors (Lipinski definition) is 3. The zero-order chi connectivity index (χ0) is 19.0. The van der Waals surface area contributed by atoms with Crippen LogP contribution in [0.3, 0.4) is 0 Å². The molecule has 4 bridgehead atoms. The van der Waals surface area contributed by atoms with E-state index in [0.29, 0.717) is 28.0 Å². The van der Waals surface area contributed by atoms with E-state index in [4.69, 9.17) is 4.42 Å². The zero-order valence-corrected chi connectivity index (χ0v) is 16.4. The summed E-state index contributed by atoms with van der Waals surface area (Å²) in [5.74, 6) is 0.831.